The largest absolute Gasteiger partial charge is 1.00 e. The van der Waals surface area contributed by atoms with Crippen LogP contribution < -0.4 is 85.3 Å². The monoisotopic (exact) mass is 751 g/mol. The van der Waals surface area contributed by atoms with Crippen molar-refractivity contribution in [3.63, 3.8) is 0 Å². The van der Waals surface area contributed by atoms with Crippen LogP contribution in [-0.2, 0) is 28.6 Å². The molecule has 0 saturated heterocycles. The summed E-state index contributed by atoms with van der Waals surface area (Å²) >= 11 is 0. The summed E-state index contributed by atoms with van der Waals surface area (Å²) in [6, 6.07) is 20.8. The van der Waals surface area contributed by atoms with Crippen LogP contribution in [0.1, 0.15) is 54.3 Å². The predicted octanol–water partition coefficient (Wildman–Crippen LogP) is -3.02. The Hall–Kier alpha value is -1.78. The van der Waals surface area contributed by atoms with E-state index in [1.54, 1.807) is 74.5 Å². The number of sulfonamides is 1. The first-order valence-electron chi connectivity index (χ1n) is 16.8. The summed E-state index contributed by atoms with van der Waals surface area (Å²) in [5.74, 6) is -1.59. The van der Waals surface area contributed by atoms with Crippen molar-refractivity contribution >= 4 is 35.5 Å². The number of nitrogens with one attached hydrogen (secondary N) is 2. The van der Waals surface area contributed by atoms with Gasteiger partial charge in [-0.15, -0.1) is 0 Å². The number of hydrogen-bond donors (Lipinski definition) is 3. The van der Waals surface area contributed by atoms with Gasteiger partial charge in [-0.05, 0) is 54.2 Å². The molecule has 3 aromatic rings. The van der Waals surface area contributed by atoms with Crippen molar-refractivity contribution in [1.29, 1.82) is 0 Å². The molecule has 0 aliphatic carbocycles. The van der Waals surface area contributed by atoms with Gasteiger partial charge in [-0.2, -0.15) is 4.31 Å². The van der Waals surface area contributed by atoms with Crippen molar-refractivity contribution in [2.24, 2.45) is 5.92 Å². The fourth-order valence-corrected chi connectivity index (χ4v) is 7.41. The van der Waals surface area contributed by atoms with Crippen LogP contribution in [-0.4, -0.2) is 63.5 Å². The Morgan fingerprint density at radius 1 is 0.940 bits per heavy atom. The summed E-state index contributed by atoms with van der Waals surface area (Å²) < 4.78 is 71.0. The second kappa shape index (κ2) is 22.3. The van der Waals surface area contributed by atoms with Crippen LogP contribution in [0.3, 0.4) is 0 Å². The summed E-state index contributed by atoms with van der Waals surface area (Å²) in [6.07, 6.45) is -0.751. The third-order valence-electron chi connectivity index (χ3n) is 7.43. The van der Waals surface area contributed by atoms with Gasteiger partial charge in [-0.3, -0.25) is 4.79 Å². The topological polar surface area (TPSA) is 203 Å². The summed E-state index contributed by atoms with van der Waals surface area (Å²) in [5.41, 5.74) is 7.38. The Morgan fingerprint density at radius 2 is 1.50 bits per heavy atom. The number of carbonyl (C=O) groups excluding carboxylic acids is 2. The van der Waals surface area contributed by atoms with Crippen LogP contribution in [0.25, 0.3) is 0 Å². The van der Waals surface area contributed by atoms with Gasteiger partial charge in [0.15, 0.2) is 0 Å². The summed E-state index contributed by atoms with van der Waals surface area (Å²) in [5, 5.41) is 5.17. The Bertz CT molecular complexity index is 1690. The van der Waals surface area contributed by atoms with Crippen molar-refractivity contribution in [1.82, 2.24) is 14.9 Å². The Labute approximate surface area is 343 Å². The molecule has 2 atom stereocenters. The second-order valence-electron chi connectivity index (χ2n) is 11.5. The van der Waals surface area contributed by atoms with Crippen LogP contribution in [0.2, 0.25) is 0 Å². The number of carbonyl (C=O) groups is 2. The molecule has 3 rings (SSSR count). The van der Waals surface area contributed by atoms with E-state index in [1.165, 1.54) is 24.3 Å². The zero-order chi connectivity index (χ0) is 37.8. The third-order valence-corrected chi connectivity index (χ3v) is 9.82. The first-order chi connectivity index (χ1) is 23.9. The van der Waals surface area contributed by atoms with E-state index in [1.807, 2.05) is 0 Å². The SMILES string of the molecule is [2H]C([2H])([2H])OC(=O)N[C@H](C(=O)NCCCC[C@@H](COP(=O)([O-])[O-])N(CC(C)C)S(=O)(=O)c1ccc(N)cc1)C(c1ccccc1)c1ccccc1.[Na+].[Na+]. The minimum absolute atomic E-state index is 0. The van der Waals surface area contributed by atoms with Crippen molar-refractivity contribution in [2.75, 3.05) is 32.5 Å². The molecule has 262 valence electrons. The van der Waals surface area contributed by atoms with E-state index in [4.69, 9.17) is 9.85 Å². The standard InChI is InChI=1S/C33H45N4O9PS.2Na/c1-24(2)22-37(48(43,44)29-19-17-27(34)18-20-29)28(23-46-47(40,41)42)16-10-11-21-35-32(38)31(36-33(39)45-3)30(25-12-6-4-7-13-25)26-14-8-5-9-15-26;;/h4-9,12-15,17-20,24,28,30-31H,10-11,16,21-23,34H2,1-3H3,(H,35,38)(H,36,39)(H2,40,41,42);;/q;2*+1/p-2/t28-,31-;;/m0../s1/i3D3;;. The predicted molar refractivity (Wildman–Crippen MR) is 178 cm³/mol. The average molecular weight is 752 g/mol. The fourth-order valence-electron chi connectivity index (χ4n) is 5.25. The summed E-state index contributed by atoms with van der Waals surface area (Å²) in [4.78, 5) is 49.2. The number of hydrogen-bond acceptors (Lipinski definition) is 10. The minimum atomic E-state index is -5.45. The number of phosphoric ester groups is 1. The summed E-state index contributed by atoms with van der Waals surface area (Å²) in [6.45, 7) is 2.86. The molecule has 0 fully saturated rings. The second-order valence-corrected chi connectivity index (χ2v) is 14.6. The number of rotatable bonds is 18. The molecule has 0 bridgehead atoms. The van der Waals surface area contributed by atoms with Crippen LogP contribution in [0, 0.1) is 5.92 Å². The van der Waals surface area contributed by atoms with Crippen molar-refractivity contribution in [3.05, 3.63) is 96.1 Å². The van der Waals surface area contributed by atoms with E-state index in [0.717, 1.165) is 4.31 Å². The van der Waals surface area contributed by atoms with Gasteiger partial charge in [0.25, 0.3) is 0 Å². The van der Waals surface area contributed by atoms with E-state index in [9.17, 15) is 32.4 Å². The van der Waals surface area contributed by atoms with E-state index >= 15 is 0 Å². The third kappa shape index (κ3) is 14.7. The number of alkyl carbamates (subject to hydrolysis) is 1. The molecular formula is C33H43N4Na2O9PS. The smallest absolute Gasteiger partial charge is 0.790 e. The van der Waals surface area contributed by atoms with Crippen molar-refractivity contribution in [2.45, 2.75) is 56.0 Å². The zero-order valence-electron chi connectivity index (χ0n) is 31.7. The van der Waals surface area contributed by atoms with Crippen molar-refractivity contribution < 1.29 is 105 Å². The van der Waals surface area contributed by atoms with E-state index < -0.39 is 61.5 Å². The fraction of sp³-hybridized carbons (Fsp3) is 0.394. The van der Waals surface area contributed by atoms with Crippen LogP contribution in [0.4, 0.5) is 10.5 Å². The molecule has 0 unspecified atom stereocenters. The molecule has 0 aromatic heterocycles. The van der Waals surface area contributed by atoms with Gasteiger partial charge in [-0.25, -0.2) is 13.2 Å². The quantitative estimate of drug-likeness (QED) is 0.0520. The Kier molecular flexibility index (Phi) is 18.3. The molecule has 0 saturated carbocycles. The average Bonchev–Trinajstić information content (AvgIpc) is 3.04. The van der Waals surface area contributed by atoms with Gasteiger partial charge in [0.2, 0.25) is 15.9 Å². The Balaban J connectivity index is 0.00000702. The molecule has 17 heteroatoms. The van der Waals surface area contributed by atoms with Gasteiger partial charge < -0.3 is 40.0 Å². The number of ether oxygens (including phenoxy) is 1. The first kappa shape index (κ1) is 41.0. The van der Waals surface area contributed by atoms with Crippen LogP contribution in [0.15, 0.2) is 89.8 Å². The number of unbranched alkanes of at least 4 members (excludes halogenated alkanes) is 1. The number of methoxy groups -OCH3 is 1. The van der Waals surface area contributed by atoms with E-state index in [-0.39, 0.29) is 102 Å². The maximum absolute atomic E-state index is 13.7. The van der Waals surface area contributed by atoms with Crippen LogP contribution >= 0.6 is 7.82 Å². The van der Waals surface area contributed by atoms with Gasteiger partial charge in [0.1, 0.15) is 6.04 Å². The molecule has 0 radical (unpaired) electrons. The molecule has 13 nitrogen and oxygen atoms in total. The molecular weight excluding hydrogens is 705 g/mol. The molecule has 0 aliphatic heterocycles. The van der Waals surface area contributed by atoms with Crippen molar-refractivity contribution in [3.8, 4) is 0 Å². The number of benzene rings is 3. The van der Waals surface area contributed by atoms with Gasteiger partial charge >= 0.3 is 65.2 Å². The number of nitrogens with two attached hydrogens (primary N) is 1. The Morgan fingerprint density at radius 3 is 2.00 bits per heavy atom. The summed E-state index contributed by atoms with van der Waals surface area (Å²) in [7, 11) is -12.7. The molecule has 50 heavy (non-hydrogen) atoms. The first-order valence-corrected chi connectivity index (χ1v) is 18.2. The number of amides is 2. The zero-order valence-corrected chi connectivity index (χ0v) is 34.4. The molecule has 4 N–H and O–H groups in total. The number of phosphoric acid groups is 1. The van der Waals surface area contributed by atoms with Gasteiger partial charge in [0.05, 0.1) is 30.5 Å². The molecule has 0 aliphatic rings. The molecule has 2 amide bonds. The van der Waals surface area contributed by atoms with E-state index in [2.05, 4.69) is 19.9 Å². The number of anilines is 1. The molecule has 0 spiro atoms. The van der Waals surface area contributed by atoms with E-state index in [0.29, 0.717) is 16.8 Å². The molecule has 0 heterocycles. The maximum Gasteiger partial charge on any atom is 1.00 e. The maximum atomic E-state index is 13.7. The van der Waals surface area contributed by atoms with Crippen LogP contribution in [0.5, 0.6) is 0 Å². The number of nitrogen functional groups attached to an aromatic ring is 1. The minimum Gasteiger partial charge on any atom is -0.790 e. The van der Waals surface area contributed by atoms with Gasteiger partial charge in [0, 0.05) is 30.7 Å². The normalized spacial score (nSPS) is 13.9. The number of nitrogens with zero attached hydrogens (tertiary/aromatic N) is 1. The van der Waals surface area contributed by atoms with Gasteiger partial charge in [-0.1, -0.05) is 80.9 Å². The molecule has 3 aromatic carbocycles.